The standard InChI is InChI=1S/C15H22N2O5/c1-9-5-10(14(16)17-18)6-12(19-4)13(9)20-7-11-8-21-15(2,3)22-11/h5-6,11,18H,7-8H2,1-4H3,(H2,16,17). The molecule has 1 atom stereocenters. The van der Waals surface area contributed by atoms with E-state index in [9.17, 15) is 0 Å². The number of oxime groups is 1. The SMILES string of the molecule is COc1cc(C(N)=NO)cc(C)c1OCC1COC(C)(C)O1. The zero-order valence-corrected chi connectivity index (χ0v) is 13.3. The Morgan fingerprint density at radius 3 is 2.77 bits per heavy atom. The van der Waals surface area contributed by atoms with Crippen molar-refractivity contribution in [3.63, 3.8) is 0 Å². The van der Waals surface area contributed by atoms with Gasteiger partial charge in [-0.25, -0.2) is 0 Å². The first-order valence-electron chi connectivity index (χ1n) is 6.97. The van der Waals surface area contributed by atoms with Crippen molar-refractivity contribution >= 4 is 5.84 Å². The molecular weight excluding hydrogens is 288 g/mol. The van der Waals surface area contributed by atoms with Gasteiger partial charge in [-0.2, -0.15) is 0 Å². The van der Waals surface area contributed by atoms with Crippen LogP contribution in [0.4, 0.5) is 0 Å². The third-order valence-corrected chi connectivity index (χ3v) is 3.34. The van der Waals surface area contributed by atoms with E-state index >= 15 is 0 Å². The lowest BCUT2D eigenvalue weighted by Crippen LogP contribution is -2.25. The van der Waals surface area contributed by atoms with Gasteiger partial charge in [-0.3, -0.25) is 0 Å². The van der Waals surface area contributed by atoms with E-state index in [1.54, 1.807) is 12.1 Å². The number of methoxy groups -OCH3 is 1. The predicted molar refractivity (Wildman–Crippen MR) is 80.6 cm³/mol. The third kappa shape index (κ3) is 3.61. The Morgan fingerprint density at radius 2 is 2.23 bits per heavy atom. The first kappa shape index (κ1) is 16.4. The van der Waals surface area contributed by atoms with Gasteiger partial charge in [0.05, 0.1) is 13.7 Å². The lowest BCUT2D eigenvalue weighted by atomic mass is 10.1. The van der Waals surface area contributed by atoms with Crippen LogP contribution in [-0.2, 0) is 9.47 Å². The number of hydrogen-bond acceptors (Lipinski definition) is 6. The zero-order chi connectivity index (χ0) is 16.3. The van der Waals surface area contributed by atoms with Gasteiger partial charge in [-0.05, 0) is 38.5 Å². The molecule has 0 saturated carbocycles. The van der Waals surface area contributed by atoms with Gasteiger partial charge < -0.3 is 29.9 Å². The van der Waals surface area contributed by atoms with Crippen LogP contribution in [0.3, 0.4) is 0 Å². The van der Waals surface area contributed by atoms with Crippen LogP contribution in [-0.4, -0.2) is 43.3 Å². The highest BCUT2D eigenvalue weighted by molar-refractivity contribution is 5.97. The van der Waals surface area contributed by atoms with Crippen LogP contribution in [0, 0.1) is 6.92 Å². The molecule has 0 aliphatic carbocycles. The number of rotatable bonds is 5. The van der Waals surface area contributed by atoms with Gasteiger partial charge in [-0.1, -0.05) is 5.16 Å². The summed E-state index contributed by atoms with van der Waals surface area (Å²) in [5.74, 6) is 0.551. The predicted octanol–water partition coefficient (Wildman–Crippen LogP) is 1.63. The molecule has 1 aliphatic heterocycles. The highest BCUT2D eigenvalue weighted by Gasteiger charge is 2.33. The summed E-state index contributed by atoms with van der Waals surface area (Å²) in [6, 6.07) is 3.43. The molecule has 0 spiro atoms. The van der Waals surface area contributed by atoms with E-state index in [4.69, 9.17) is 29.9 Å². The van der Waals surface area contributed by atoms with E-state index in [0.29, 0.717) is 30.3 Å². The Hall–Kier alpha value is -1.99. The Bertz CT molecular complexity index is 571. The van der Waals surface area contributed by atoms with E-state index in [0.717, 1.165) is 5.56 Å². The van der Waals surface area contributed by atoms with Crippen molar-refractivity contribution in [2.75, 3.05) is 20.3 Å². The van der Waals surface area contributed by atoms with Gasteiger partial charge in [0.15, 0.2) is 23.1 Å². The molecular formula is C15H22N2O5. The monoisotopic (exact) mass is 310 g/mol. The van der Waals surface area contributed by atoms with Gasteiger partial charge in [-0.15, -0.1) is 0 Å². The average Bonchev–Trinajstić information content (AvgIpc) is 2.83. The van der Waals surface area contributed by atoms with Crippen molar-refractivity contribution in [3.8, 4) is 11.5 Å². The molecule has 0 bridgehead atoms. The summed E-state index contributed by atoms with van der Waals surface area (Å²) in [7, 11) is 1.54. The van der Waals surface area contributed by atoms with Gasteiger partial charge in [0.1, 0.15) is 12.7 Å². The van der Waals surface area contributed by atoms with Gasteiger partial charge in [0, 0.05) is 5.56 Å². The number of aryl methyl sites for hydroxylation is 1. The molecule has 1 fully saturated rings. The molecule has 1 saturated heterocycles. The number of amidine groups is 1. The Kier molecular flexibility index (Phi) is 4.77. The highest BCUT2D eigenvalue weighted by atomic mass is 16.7. The average molecular weight is 310 g/mol. The van der Waals surface area contributed by atoms with E-state index < -0.39 is 5.79 Å². The summed E-state index contributed by atoms with van der Waals surface area (Å²) in [6.45, 7) is 6.43. The molecule has 3 N–H and O–H groups in total. The topological polar surface area (TPSA) is 95.5 Å². The first-order chi connectivity index (χ1) is 10.4. The number of ether oxygens (including phenoxy) is 4. The lowest BCUT2D eigenvalue weighted by Gasteiger charge is -2.19. The second kappa shape index (κ2) is 6.41. The maximum absolute atomic E-state index is 8.77. The largest absolute Gasteiger partial charge is 0.493 e. The quantitative estimate of drug-likeness (QED) is 0.371. The van der Waals surface area contributed by atoms with E-state index in [2.05, 4.69) is 5.16 Å². The van der Waals surface area contributed by atoms with Crippen molar-refractivity contribution in [1.29, 1.82) is 0 Å². The van der Waals surface area contributed by atoms with Crippen LogP contribution in [0.2, 0.25) is 0 Å². The highest BCUT2D eigenvalue weighted by Crippen LogP contribution is 2.33. The Morgan fingerprint density at radius 1 is 1.50 bits per heavy atom. The molecule has 122 valence electrons. The van der Waals surface area contributed by atoms with E-state index in [1.165, 1.54) is 7.11 Å². The summed E-state index contributed by atoms with van der Waals surface area (Å²) in [4.78, 5) is 0. The first-order valence-corrected chi connectivity index (χ1v) is 6.97. The number of hydrogen-bond donors (Lipinski definition) is 2. The molecule has 7 nitrogen and oxygen atoms in total. The molecule has 22 heavy (non-hydrogen) atoms. The number of nitrogens with two attached hydrogens (primary N) is 1. The van der Waals surface area contributed by atoms with Gasteiger partial charge in [0.2, 0.25) is 0 Å². The fourth-order valence-corrected chi connectivity index (χ4v) is 2.31. The molecule has 1 aromatic rings. The van der Waals surface area contributed by atoms with Gasteiger partial charge >= 0.3 is 0 Å². The van der Waals surface area contributed by atoms with Crippen molar-refractivity contribution < 1.29 is 24.2 Å². The molecule has 0 radical (unpaired) electrons. The maximum Gasteiger partial charge on any atom is 0.170 e. The maximum atomic E-state index is 8.77. The summed E-state index contributed by atoms with van der Waals surface area (Å²) in [5, 5.41) is 11.8. The second-order valence-electron chi connectivity index (χ2n) is 5.57. The van der Waals surface area contributed by atoms with E-state index in [1.807, 2.05) is 20.8 Å². The molecule has 1 aliphatic rings. The normalized spacial score (nSPS) is 20.9. The van der Waals surface area contributed by atoms with Crippen molar-refractivity contribution in [2.45, 2.75) is 32.7 Å². The Balaban J connectivity index is 2.14. The van der Waals surface area contributed by atoms with Crippen LogP contribution in [0.1, 0.15) is 25.0 Å². The summed E-state index contributed by atoms with van der Waals surface area (Å²) >= 11 is 0. The minimum Gasteiger partial charge on any atom is -0.493 e. The number of benzene rings is 1. The molecule has 1 unspecified atom stereocenters. The minimum atomic E-state index is -0.580. The van der Waals surface area contributed by atoms with Crippen molar-refractivity contribution in [3.05, 3.63) is 23.3 Å². The molecule has 2 rings (SSSR count). The lowest BCUT2D eigenvalue weighted by molar-refractivity contribution is -0.141. The number of nitrogens with zero attached hydrogens (tertiary/aromatic N) is 1. The van der Waals surface area contributed by atoms with Crippen LogP contribution in [0.5, 0.6) is 11.5 Å². The summed E-state index contributed by atoms with van der Waals surface area (Å²) < 4.78 is 22.4. The second-order valence-corrected chi connectivity index (χ2v) is 5.57. The van der Waals surface area contributed by atoms with Crippen LogP contribution in [0.15, 0.2) is 17.3 Å². The zero-order valence-electron chi connectivity index (χ0n) is 13.3. The summed E-state index contributed by atoms with van der Waals surface area (Å²) in [6.07, 6.45) is -0.136. The summed E-state index contributed by atoms with van der Waals surface area (Å²) in [5.41, 5.74) is 6.99. The van der Waals surface area contributed by atoms with Crippen molar-refractivity contribution in [2.24, 2.45) is 10.9 Å². The molecule has 0 amide bonds. The fourth-order valence-electron chi connectivity index (χ4n) is 2.31. The van der Waals surface area contributed by atoms with Crippen LogP contribution < -0.4 is 15.2 Å². The molecule has 1 aromatic carbocycles. The minimum absolute atomic E-state index is 0.0159. The van der Waals surface area contributed by atoms with Crippen LogP contribution in [0.25, 0.3) is 0 Å². The Labute approximate surface area is 129 Å². The fraction of sp³-hybridized carbons (Fsp3) is 0.533. The van der Waals surface area contributed by atoms with Crippen LogP contribution >= 0.6 is 0 Å². The molecule has 7 heteroatoms. The van der Waals surface area contributed by atoms with E-state index in [-0.39, 0.29) is 11.9 Å². The smallest absolute Gasteiger partial charge is 0.170 e. The molecule has 0 aromatic heterocycles. The molecule has 1 heterocycles. The third-order valence-electron chi connectivity index (χ3n) is 3.34. The van der Waals surface area contributed by atoms with Gasteiger partial charge in [0.25, 0.3) is 0 Å². The van der Waals surface area contributed by atoms with Crippen molar-refractivity contribution in [1.82, 2.24) is 0 Å².